The lowest BCUT2D eigenvalue weighted by atomic mass is 9.99. The summed E-state index contributed by atoms with van der Waals surface area (Å²) in [5.74, 6) is -0.393. The highest BCUT2D eigenvalue weighted by molar-refractivity contribution is 7.80. The summed E-state index contributed by atoms with van der Waals surface area (Å²) in [6, 6.07) is 0. The highest BCUT2D eigenvalue weighted by atomic mass is 32.3. The molecule has 0 aliphatic carbocycles. The number of unbranched alkanes of at least 4 members (excludes halogenated alkanes) is 28. The molecule has 340 valence electrons. The lowest BCUT2D eigenvalue weighted by Gasteiger charge is -2.41. The van der Waals surface area contributed by atoms with E-state index in [4.69, 9.17) is 23.5 Å². The first-order valence-corrected chi connectivity index (χ1v) is 24.7. The number of hydrogen-bond acceptors (Lipinski definition) is 11. The zero-order chi connectivity index (χ0) is 41.8. The van der Waals surface area contributed by atoms with Crippen LogP contribution in [0.5, 0.6) is 0 Å². The molecule has 13 heteroatoms. The fourth-order valence-electron chi connectivity index (χ4n) is 7.44. The molecule has 6 unspecified atom stereocenters. The third-order valence-corrected chi connectivity index (χ3v) is 11.4. The summed E-state index contributed by atoms with van der Waals surface area (Å²) in [6.45, 7) is 4.02. The van der Waals surface area contributed by atoms with Gasteiger partial charge in [0.05, 0.1) is 19.8 Å². The van der Waals surface area contributed by atoms with Crippen molar-refractivity contribution in [1.29, 1.82) is 0 Å². The molecule has 4 N–H and O–H groups in total. The van der Waals surface area contributed by atoms with Crippen LogP contribution in [0.2, 0.25) is 0 Å². The smallest absolute Gasteiger partial charge is 0.397 e. The fraction of sp³-hybridized carbons (Fsp3) is 0.977. The van der Waals surface area contributed by atoms with Crippen LogP contribution in [0.25, 0.3) is 0 Å². The standard InChI is InChI=1S/C44H86O12S/c1-3-5-7-9-11-13-15-16-17-18-19-20-21-22-23-25-27-29-31-33-40(46)54-38(36-52-34-32-30-28-26-24-14-12-10-8-6-4-2)37-53-44-42(48)43(56-57(49,50)51)41(47)39(35-45)55-44/h38-39,41-45,47-48H,3-37H2,1-2H3,(H,49,50,51). The van der Waals surface area contributed by atoms with Gasteiger partial charge in [0.15, 0.2) is 6.29 Å². The first kappa shape index (κ1) is 54.1. The first-order chi connectivity index (χ1) is 27.6. The first-order valence-electron chi connectivity index (χ1n) is 23.3. The van der Waals surface area contributed by atoms with Gasteiger partial charge in [0.25, 0.3) is 0 Å². The third-order valence-electron chi connectivity index (χ3n) is 11.0. The Bertz CT molecular complexity index is 1020. The van der Waals surface area contributed by atoms with Crippen molar-refractivity contribution in [3.05, 3.63) is 0 Å². The second-order valence-corrected chi connectivity index (χ2v) is 17.4. The van der Waals surface area contributed by atoms with E-state index in [9.17, 15) is 28.5 Å². The summed E-state index contributed by atoms with van der Waals surface area (Å²) < 4.78 is 59.0. The van der Waals surface area contributed by atoms with Gasteiger partial charge < -0.3 is 34.3 Å². The normalized spacial score (nSPS) is 20.6. The molecule has 0 spiro atoms. The maximum absolute atomic E-state index is 12.8. The van der Waals surface area contributed by atoms with Crippen molar-refractivity contribution in [3.63, 3.8) is 0 Å². The Morgan fingerprint density at radius 1 is 0.596 bits per heavy atom. The molecule has 0 saturated carbocycles. The molecule has 1 aliphatic rings. The Labute approximate surface area is 347 Å². The number of carbonyl (C=O) groups excluding carboxylic acids is 1. The van der Waals surface area contributed by atoms with E-state index < -0.39 is 59.8 Å². The summed E-state index contributed by atoms with van der Waals surface area (Å²) >= 11 is 0. The number of rotatable bonds is 41. The van der Waals surface area contributed by atoms with Crippen LogP contribution >= 0.6 is 0 Å². The van der Waals surface area contributed by atoms with E-state index in [0.29, 0.717) is 13.0 Å². The van der Waals surface area contributed by atoms with Crippen LogP contribution in [-0.2, 0) is 38.3 Å². The molecule has 0 bridgehead atoms. The van der Waals surface area contributed by atoms with Gasteiger partial charge in [0, 0.05) is 13.0 Å². The Hall–Kier alpha value is -0.900. The highest BCUT2D eigenvalue weighted by Crippen LogP contribution is 2.26. The monoisotopic (exact) mass is 839 g/mol. The van der Waals surface area contributed by atoms with Gasteiger partial charge in [-0.25, -0.2) is 4.18 Å². The average molecular weight is 839 g/mol. The molecule has 1 heterocycles. The van der Waals surface area contributed by atoms with Crippen LogP contribution in [0.3, 0.4) is 0 Å². The van der Waals surface area contributed by atoms with E-state index in [2.05, 4.69) is 18.0 Å². The van der Waals surface area contributed by atoms with Crippen molar-refractivity contribution >= 4 is 16.4 Å². The molecule has 1 rings (SSSR count). The number of hydrogen-bond donors (Lipinski definition) is 4. The van der Waals surface area contributed by atoms with Crippen LogP contribution < -0.4 is 0 Å². The largest absolute Gasteiger partial charge is 0.457 e. The molecule has 1 saturated heterocycles. The van der Waals surface area contributed by atoms with Crippen molar-refractivity contribution in [1.82, 2.24) is 0 Å². The molecule has 0 aromatic carbocycles. The predicted molar refractivity (Wildman–Crippen MR) is 225 cm³/mol. The summed E-state index contributed by atoms with van der Waals surface area (Å²) in [5.41, 5.74) is 0. The van der Waals surface area contributed by atoms with Crippen LogP contribution in [0.4, 0.5) is 0 Å². The number of aliphatic hydroxyl groups excluding tert-OH is 3. The topological polar surface area (TPSA) is 178 Å². The molecule has 0 aromatic rings. The number of esters is 1. The molecular formula is C44H86O12S. The lowest BCUT2D eigenvalue weighted by Crippen LogP contribution is -2.60. The molecule has 0 amide bonds. The molecule has 0 aromatic heterocycles. The zero-order valence-electron chi connectivity index (χ0n) is 36.2. The number of ether oxygens (including phenoxy) is 4. The van der Waals surface area contributed by atoms with Crippen molar-refractivity contribution in [2.75, 3.05) is 26.4 Å². The van der Waals surface area contributed by atoms with Gasteiger partial charge in [-0.05, 0) is 12.8 Å². The summed E-state index contributed by atoms with van der Waals surface area (Å²) in [6.07, 6.45) is 28.5. The average Bonchev–Trinajstić information content (AvgIpc) is 3.18. The fourth-order valence-corrected chi connectivity index (χ4v) is 7.95. The maximum atomic E-state index is 12.8. The lowest BCUT2D eigenvalue weighted by molar-refractivity contribution is -0.301. The van der Waals surface area contributed by atoms with Crippen LogP contribution in [0, 0.1) is 0 Å². The SMILES string of the molecule is CCCCCCCCCCCCCCCCCCCCCC(=O)OC(COCCCCCCCCCCCCC)COC1OC(CO)C(O)C(OS(=O)(=O)O)C1O. The Morgan fingerprint density at radius 3 is 1.40 bits per heavy atom. The van der Waals surface area contributed by atoms with E-state index >= 15 is 0 Å². The van der Waals surface area contributed by atoms with Gasteiger partial charge >= 0.3 is 16.4 Å². The predicted octanol–water partition coefficient (Wildman–Crippen LogP) is 9.69. The quantitative estimate of drug-likeness (QED) is 0.0261. The minimum absolute atomic E-state index is 0.0442. The second-order valence-electron chi connectivity index (χ2n) is 16.4. The third kappa shape index (κ3) is 30.7. The second kappa shape index (κ2) is 36.9. The van der Waals surface area contributed by atoms with Gasteiger partial charge in [-0.3, -0.25) is 9.35 Å². The van der Waals surface area contributed by atoms with Crippen molar-refractivity contribution in [2.24, 2.45) is 0 Å². The molecule has 1 fully saturated rings. The van der Waals surface area contributed by atoms with Gasteiger partial charge in [-0.2, -0.15) is 8.42 Å². The molecule has 6 atom stereocenters. The zero-order valence-corrected chi connectivity index (χ0v) is 37.0. The summed E-state index contributed by atoms with van der Waals surface area (Å²) in [4.78, 5) is 12.8. The minimum atomic E-state index is -5.05. The van der Waals surface area contributed by atoms with Gasteiger partial charge in [0.2, 0.25) is 0 Å². The van der Waals surface area contributed by atoms with E-state index in [1.807, 2.05) is 0 Å². The van der Waals surface area contributed by atoms with Crippen LogP contribution in [0.1, 0.15) is 213 Å². The van der Waals surface area contributed by atoms with E-state index in [1.165, 1.54) is 148 Å². The summed E-state index contributed by atoms with van der Waals surface area (Å²) in [5, 5.41) is 30.6. The highest BCUT2D eigenvalue weighted by Gasteiger charge is 2.48. The molecular weight excluding hydrogens is 753 g/mol. The van der Waals surface area contributed by atoms with E-state index in [-0.39, 0.29) is 19.6 Å². The van der Waals surface area contributed by atoms with Gasteiger partial charge in [-0.1, -0.05) is 194 Å². The van der Waals surface area contributed by atoms with Crippen LogP contribution in [0.15, 0.2) is 0 Å². The maximum Gasteiger partial charge on any atom is 0.397 e. The number of carbonyl (C=O) groups is 1. The van der Waals surface area contributed by atoms with Crippen molar-refractivity contribution < 1.29 is 56.2 Å². The Balaban J connectivity index is 2.37. The summed E-state index contributed by atoms with van der Waals surface area (Å²) in [7, 11) is -5.05. The van der Waals surface area contributed by atoms with Crippen LogP contribution in [-0.4, -0.2) is 97.5 Å². The molecule has 57 heavy (non-hydrogen) atoms. The Morgan fingerprint density at radius 2 is 1.00 bits per heavy atom. The van der Waals surface area contributed by atoms with Crippen molar-refractivity contribution in [2.45, 2.75) is 250 Å². The van der Waals surface area contributed by atoms with Gasteiger partial charge in [-0.15, -0.1) is 0 Å². The minimum Gasteiger partial charge on any atom is -0.457 e. The van der Waals surface area contributed by atoms with Gasteiger partial charge in [0.1, 0.15) is 30.5 Å². The molecule has 12 nitrogen and oxygen atoms in total. The number of aliphatic hydroxyl groups is 3. The molecule has 1 aliphatic heterocycles. The van der Waals surface area contributed by atoms with Crippen molar-refractivity contribution in [3.8, 4) is 0 Å². The van der Waals surface area contributed by atoms with E-state index in [0.717, 1.165) is 38.5 Å². The van der Waals surface area contributed by atoms with E-state index in [1.54, 1.807) is 0 Å². The molecule has 0 radical (unpaired) electrons. The Kier molecular flexibility index (Phi) is 35.0.